The third-order valence-corrected chi connectivity index (χ3v) is 4.40. The highest BCUT2D eigenvalue weighted by Crippen LogP contribution is 2.21. The highest BCUT2D eigenvalue weighted by molar-refractivity contribution is 5.76. The molecule has 2 aliphatic rings. The number of nitrogens with zero attached hydrogens (tertiary/aromatic N) is 1. The number of aliphatic hydroxyl groups is 1. The summed E-state index contributed by atoms with van der Waals surface area (Å²) in [5.74, 6) is 0.0244. The van der Waals surface area contributed by atoms with E-state index in [2.05, 4.69) is 10.2 Å². The first-order valence-corrected chi connectivity index (χ1v) is 7.86. The number of hydrogen-bond donors (Lipinski definition) is 2. The summed E-state index contributed by atoms with van der Waals surface area (Å²) < 4.78 is 5.83. The molecule has 0 aromatic rings. The molecule has 0 aliphatic carbocycles. The van der Waals surface area contributed by atoms with Crippen LogP contribution in [0.5, 0.6) is 0 Å². The zero-order valence-electron chi connectivity index (χ0n) is 12.7. The fraction of sp³-hybridized carbons (Fsp3) is 0.933. The van der Waals surface area contributed by atoms with Crippen molar-refractivity contribution >= 4 is 5.91 Å². The van der Waals surface area contributed by atoms with Gasteiger partial charge in [-0.1, -0.05) is 20.3 Å². The second kappa shape index (κ2) is 7.38. The molecule has 0 aromatic carbocycles. The molecule has 2 aliphatic heterocycles. The zero-order chi connectivity index (χ0) is 14.5. The van der Waals surface area contributed by atoms with Crippen molar-refractivity contribution in [2.24, 2.45) is 5.92 Å². The average Bonchev–Trinajstić information content (AvgIpc) is 2.44. The Bertz CT molecular complexity index is 322. The number of aliphatic hydroxyl groups excluding tert-OH is 1. The second-order valence-corrected chi connectivity index (χ2v) is 6.42. The van der Waals surface area contributed by atoms with E-state index in [1.807, 2.05) is 13.8 Å². The van der Waals surface area contributed by atoms with Crippen molar-refractivity contribution in [1.29, 1.82) is 0 Å². The number of fused-ring (bicyclic) bond motifs is 1. The number of nitrogens with one attached hydrogen (secondary N) is 1. The smallest absolute Gasteiger partial charge is 0.222 e. The molecule has 3 unspecified atom stereocenters. The van der Waals surface area contributed by atoms with Gasteiger partial charge in [-0.05, 0) is 25.3 Å². The van der Waals surface area contributed by atoms with E-state index in [1.54, 1.807) is 0 Å². The van der Waals surface area contributed by atoms with Crippen LogP contribution in [0.1, 0.15) is 39.5 Å². The molecular weight excluding hydrogens is 256 g/mol. The van der Waals surface area contributed by atoms with Gasteiger partial charge in [0, 0.05) is 19.1 Å². The fourth-order valence-corrected chi connectivity index (χ4v) is 2.90. The Morgan fingerprint density at radius 3 is 3.00 bits per heavy atom. The molecule has 5 nitrogen and oxygen atoms in total. The summed E-state index contributed by atoms with van der Waals surface area (Å²) in [7, 11) is 0. The van der Waals surface area contributed by atoms with E-state index in [-0.39, 0.29) is 24.3 Å². The minimum Gasteiger partial charge on any atom is -0.392 e. The summed E-state index contributed by atoms with van der Waals surface area (Å²) in [4.78, 5) is 14.2. The minimum absolute atomic E-state index is 0.0874. The standard InChI is InChI=1S/C15H28N2O3/c1-11(2)14(18)7-15(19)16-8-13-9-17-6-4-3-5-12(17)10-20-13/h11-14,18H,3-10H2,1-2H3,(H,16,19). The van der Waals surface area contributed by atoms with E-state index in [9.17, 15) is 9.90 Å². The van der Waals surface area contributed by atoms with Gasteiger partial charge in [-0.2, -0.15) is 0 Å². The molecule has 116 valence electrons. The molecule has 2 N–H and O–H groups in total. The van der Waals surface area contributed by atoms with Gasteiger partial charge in [-0.15, -0.1) is 0 Å². The van der Waals surface area contributed by atoms with Crippen molar-refractivity contribution in [3.63, 3.8) is 0 Å². The van der Waals surface area contributed by atoms with Crippen LogP contribution >= 0.6 is 0 Å². The van der Waals surface area contributed by atoms with Gasteiger partial charge in [0.1, 0.15) is 0 Å². The van der Waals surface area contributed by atoms with Gasteiger partial charge in [0.05, 0.1) is 25.2 Å². The van der Waals surface area contributed by atoms with Crippen molar-refractivity contribution in [3.05, 3.63) is 0 Å². The molecule has 0 spiro atoms. The van der Waals surface area contributed by atoms with Crippen molar-refractivity contribution < 1.29 is 14.6 Å². The summed E-state index contributed by atoms with van der Waals surface area (Å²) in [6.07, 6.45) is 3.52. The summed E-state index contributed by atoms with van der Waals surface area (Å²) >= 11 is 0. The maximum atomic E-state index is 11.7. The average molecular weight is 284 g/mol. The first kappa shape index (κ1) is 15.7. The SMILES string of the molecule is CC(C)C(O)CC(=O)NCC1CN2CCCCC2CO1. The number of morpholine rings is 1. The first-order valence-electron chi connectivity index (χ1n) is 7.86. The summed E-state index contributed by atoms with van der Waals surface area (Å²) in [6.45, 7) is 7.24. The quantitative estimate of drug-likeness (QED) is 0.782. The highest BCUT2D eigenvalue weighted by atomic mass is 16.5. The molecule has 2 fully saturated rings. The van der Waals surface area contributed by atoms with Crippen molar-refractivity contribution in [2.45, 2.75) is 57.8 Å². The topological polar surface area (TPSA) is 61.8 Å². The van der Waals surface area contributed by atoms with E-state index < -0.39 is 6.10 Å². The molecule has 0 bridgehead atoms. The van der Waals surface area contributed by atoms with Crippen molar-refractivity contribution in [2.75, 3.05) is 26.2 Å². The summed E-state index contributed by atoms with van der Waals surface area (Å²) in [5, 5.41) is 12.6. The summed E-state index contributed by atoms with van der Waals surface area (Å²) in [5.41, 5.74) is 0. The molecule has 0 radical (unpaired) electrons. The van der Waals surface area contributed by atoms with Crippen molar-refractivity contribution in [3.8, 4) is 0 Å². The van der Waals surface area contributed by atoms with Crippen LogP contribution in [0.4, 0.5) is 0 Å². The van der Waals surface area contributed by atoms with E-state index >= 15 is 0 Å². The Kier molecular flexibility index (Phi) is 5.81. The molecule has 2 rings (SSSR count). The summed E-state index contributed by atoms with van der Waals surface area (Å²) in [6, 6.07) is 0.582. The van der Waals surface area contributed by atoms with E-state index in [4.69, 9.17) is 4.74 Å². The van der Waals surface area contributed by atoms with Gasteiger partial charge in [0.15, 0.2) is 0 Å². The Morgan fingerprint density at radius 2 is 2.25 bits per heavy atom. The lowest BCUT2D eigenvalue weighted by molar-refractivity contribution is -0.125. The number of amides is 1. The maximum Gasteiger partial charge on any atom is 0.222 e. The van der Waals surface area contributed by atoms with Crippen LogP contribution in [0, 0.1) is 5.92 Å². The molecule has 0 saturated carbocycles. The molecule has 20 heavy (non-hydrogen) atoms. The highest BCUT2D eigenvalue weighted by Gasteiger charge is 2.30. The van der Waals surface area contributed by atoms with Gasteiger partial charge < -0.3 is 15.2 Å². The molecular formula is C15H28N2O3. The molecule has 2 heterocycles. The predicted octanol–water partition coefficient (Wildman–Crippen LogP) is 0.763. The Labute approximate surface area is 121 Å². The predicted molar refractivity (Wildman–Crippen MR) is 77.4 cm³/mol. The van der Waals surface area contributed by atoms with Crippen LogP contribution in [0.15, 0.2) is 0 Å². The normalized spacial score (nSPS) is 29.0. The van der Waals surface area contributed by atoms with Gasteiger partial charge in [-0.3, -0.25) is 9.69 Å². The van der Waals surface area contributed by atoms with Crippen LogP contribution in [0.25, 0.3) is 0 Å². The maximum absolute atomic E-state index is 11.7. The lowest BCUT2D eigenvalue weighted by Gasteiger charge is -2.42. The molecule has 5 heteroatoms. The number of hydrogen-bond acceptors (Lipinski definition) is 4. The van der Waals surface area contributed by atoms with Crippen LogP contribution in [-0.4, -0.2) is 60.4 Å². The fourth-order valence-electron chi connectivity index (χ4n) is 2.90. The van der Waals surface area contributed by atoms with Gasteiger partial charge >= 0.3 is 0 Å². The van der Waals surface area contributed by atoms with Crippen LogP contribution < -0.4 is 5.32 Å². The van der Waals surface area contributed by atoms with E-state index in [0.717, 1.165) is 19.7 Å². The Hall–Kier alpha value is -0.650. The molecule has 1 amide bonds. The minimum atomic E-state index is -0.561. The van der Waals surface area contributed by atoms with Crippen LogP contribution in [-0.2, 0) is 9.53 Å². The third-order valence-electron chi connectivity index (χ3n) is 4.40. The van der Waals surface area contributed by atoms with Gasteiger partial charge in [0.25, 0.3) is 0 Å². The van der Waals surface area contributed by atoms with Gasteiger partial charge in [-0.25, -0.2) is 0 Å². The lowest BCUT2D eigenvalue weighted by Crippen LogP contribution is -2.54. The second-order valence-electron chi connectivity index (χ2n) is 6.42. The third kappa shape index (κ3) is 4.43. The van der Waals surface area contributed by atoms with Crippen molar-refractivity contribution in [1.82, 2.24) is 10.2 Å². The number of rotatable bonds is 5. The number of ether oxygens (including phenoxy) is 1. The number of piperidine rings is 1. The van der Waals surface area contributed by atoms with Gasteiger partial charge in [0.2, 0.25) is 5.91 Å². The molecule has 3 atom stereocenters. The molecule has 2 saturated heterocycles. The van der Waals surface area contributed by atoms with Crippen LogP contribution in [0.3, 0.4) is 0 Å². The monoisotopic (exact) mass is 284 g/mol. The van der Waals surface area contributed by atoms with E-state index in [0.29, 0.717) is 12.6 Å². The first-order chi connectivity index (χ1) is 9.56. The molecule has 0 aromatic heterocycles. The largest absolute Gasteiger partial charge is 0.392 e. The van der Waals surface area contributed by atoms with E-state index in [1.165, 1.54) is 19.3 Å². The zero-order valence-corrected chi connectivity index (χ0v) is 12.7. The number of carbonyl (C=O) groups is 1. The Balaban J connectivity index is 1.68. The Morgan fingerprint density at radius 1 is 1.45 bits per heavy atom. The number of carbonyl (C=O) groups excluding carboxylic acids is 1. The lowest BCUT2D eigenvalue weighted by atomic mass is 10.0. The van der Waals surface area contributed by atoms with Crippen LogP contribution in [0.2, 0.25) is 0 Å².